The van der Waals surface area contributed by atoms with E-state index in [-0.39, 0.29) is 0 Å². The van der Waals surface area contributed by atoms with Crippen LogP contribution in [0.1, 0.15) is 30.4 Å². The maximum atomic E-state index is 5.20. The molecule has 0 spiro atoms. The summed E-state index contributed by atoms with van der Waals surface area (Å²) in [5.41, 5.74) is 3.79. The third kappa shape index (κ3) is 4.23. The Morgan fingerprint density at radius 3 is 2.38 bits per heavy atom. The lowest BCUT2D eigenvalue weighted by Crippen LogP contribution is -2.06. The lowest BCUT2D eigenvalue weighted by Gasteiger charge is -2.10. The van der Waals surface area contributed by atoms with E-state index in [1.807, 2.05) is 32.0 Å². The van der Waals surface area contributed by atoms with Crippen molar-refractivity contribution in [2.45, 2.75) is 33.8 Å². The largest absolute Gasteiger partial charge is 0.378 e. The molecule has 0 saturated heterocycles. The van der Waals surface area contributed by atoms with Crippen LogP contribution in [0.15, 0.2) is 18.2 Å². The maximum absolute atomic E-state index is 5.20. The van der Waals surface area contributed by atoms with Gasteiger partial charge in [0.15, 0.2) is 5.82 Å². The van der Waals surface area contributed by atoms with Gasteiger partial charge >= 0.3 is 0 Å². The van der Waals surface area contributed by atoms with E-state index in [0.717, 1.165) is 41.4 Å². The van der Waals surface area contributed by atoms with E-state index in [1.54, 1.807) is 7.11 Å². The molecular formula is C16H22N4O. The van der Waals surface area contributed by atoms with Gasteiger partial charge in [0.25, 0.3) is 0 Å². The van der Waals surface area contributed by atoms with Crippen molar-refractivity contribution in [2.24, 2.45) is 0 Å². The molecule has 0 radical (unpaired) electrons. The Morgan fingerprint density at radius 2 is 1.76 bits per heavy atom. The maximum Gasteiger partial charge on any atom is 0.161 e. The first-order valence-electron chi connectivity index (χ1n) is 7.18. The van der Waals surface area contributed by atoms with Crippen molar-refractivity contribution in [1.82, 2.24) is 15.0 Å². The topological polar surface area (TPSA) is 59.9 Å². The summed E-state index contributed by atoms with van der Waals surface area (Å²) in [5.74, 6) is 1.54. The number of rotatable bonds is 6. The van der Waals surface area contributed by atoms with Crippen molar-refractivity contribution in [3.05, 3.63) is 35.3 Å². The Bertz CT molecular complexity index is 593. The summed E-state index contributed by atoms with van der Waals surface area (Å²) in [4.78, 5) is 13.6. The first kappa shape index (κ1) is 15.4. The molecular weight excluding hydrogens is 264 g/mol. The van der Waals surface area contributed by atoms with Gasteiger partial charge in [0, 0.05) is 36.7 Å². The summed E-state index contributed by atoms with van der Waals surface area (Å²) in [7, 11) is 1.67. The fourth-order valence-corrected chi connectivity index (χ4v) is 2.16. The molecule has 0 saturated carbocycles. The average Bonchev–Trinajstić information content (AvgIpc) is 2.44. The molecule has 2 heterocycles. The number of nitrogens with one attached hydrogen (secondary N) is 1. The number of methoxy groups -OCH3 is 1. The highest BCUT2D eigenvalue weighted by molar-refractivity contribution is 5.58. The predicted octanol–water partition coefficient (Wildman–Crippen LogP) is 3.12. The van der Waals surface area contributed by atoms with Crippen LogP contribution >= 0.6 is 0 Å². The average molecular weight is 286 g/mol. The Morgan fingerprint density at radius 1 is 1.05 bits per heavy atom. The third-order valence-corrected chi connectivity index (χ3v) is 2.97. The zero-order valence-electron chi connectivity index (χ0n) is 13.1. The second kappa shape index (κ2) is 7.13. The zero-order valence-corrected chi connectivity index (χ0v) is 13.1. The highest BCUT2D eigenvalue weighted by Gasteiger charge is 2.08. The van der Waals surface area contributed by atoms with E-state index in [9.17, 15) is 0 Å². The van der Waals surface area contributed by atoms with Crippen LogP contribution in [0.3, 0.4) is 0 Å². The molecule has 0 aliphatic carbocycles. The summed E-state index contributed by atoms with van der Waals surface area (Å²) >= 11 is 0. The number of pyridine rings is 1. The molecule has 0 atom stereocenters. The molecule has 0 fully saturated rings. The van der Waals surface area contributed by atoms with Crippen LogP contribution in [-0.2, 0) is 11.3 Å². The molecule has 5 nitrogen and oxygen atoms in total. The van der Waals surface area contributed by atoms with Gasteiger partial charge in [-0.05, 0) is 32.4 Å². The molecule has 0 aliphatic rings. The minimum absolute atomic E-state index is 0.472. The lowest BCUT2D eigenvalue weighted by molar-refractivity contribution is 0.181. The van der Waals surface area contributed by atoms with E-state index >= 15 is 0 Å². The Balaban J connectivity index is 2.42. The van der Waals surface area contributed by atoms with Gasteiger partial charge in [-0.3, -0.25) is 4.98 Å². The standard InChI is InChI=1S/C16H22N4O/c1-5-6-17-15-9-14(10-21-4)19-16(20-15)13-7-11(2)18-12(3)8-13/h7-9H,5-6,10H2,1-4H3,(H,17,19,20). The molecule has 112 valence electrons. The van der Waals surface area contributed by atoms with Crippen LogP contribution in [0, 0.1) is 13.8 Å². The molecule has 0 amide bonds. The highest BCUT2D eigenvalue weighted by atomic mass is 16.5. The van der Waals surface area contributed by atoms with Crippen LogP contribution in [-0.4, -0.2) is 28.6 Å². The van der Waals surface area contributed by atoms with Crippen molar-refractivity contribution in [3.8, 4) is 11.4 Å². The molecule has 2 aromatic rings. The SMILES string of the molecule is CCCNc1cc(COC)nc(-c2cc(C)nc(C)c2)n1. The number of hydrogen-bond donors (Lipinski definition) is 1. The van der Waals surface area contributed by atoms with Crippen LogP contribution in [0.2, 0.25) is 0 Å². The molecule has 2 aromatic heterocycles. The van der Waals surface area contributed by atoms with Gasteiger partial charge in [0.1, 0.15) is 5.82 Å². The van der Waals surface area contributed by atoms with Crippen molar-refractivity contribution >= 4 is 5.82 Å². The minimum atomic E-state index is 0.472. The molecule has 2 rings (SSSR count). The number of anilines is 1. The van der Waals surface area contributed by atoms with Crippen LogP contribution in [0.25, 0.3) is 11.4 Å². The number of nitrogens with zero attached hydrogens (tertiary/aromatic N) is 3. The van der Waals surface area contributed by atoms with Gasteiger partial charge < -0.3 is 10.1 Å². The first-order chi connectivity index (χ1) is 10.1. The van der Waals surface area contributed by atoms with Gasteiger partial charge in [-0.25, -0.2) is 9.97 Å². The molecule has 0 bridgehead atoms. The monoisotopic (exact) mass is 286 g/mol. The fraction of sp³-hybridized carbons (Fsp3) is 0.438. The molecule has 0 aliphatic heterocycles. The Hall–Kier alpha value is -2.01. The van der Waals surface area contributed by atoms with Crippen LogP contribution in [0.5, 0.6) is 0 Å². The predicted molar refractivity (Wildman–Crippen MR) is 84.2 cm³/mol. The van der Waals surface area contributed by atoms with Crippen molar-refractivity contribution in [2.75, 3.05) is 19.0 Å². The molecule has 0 aromatic carbocycles. The fourth-order valence-electron chi connectivity index (χ4n) is 2.16. The summed E-state index contributed by atoms with van der Waals surface area (Å²) in [6, 6.07) is 5.94. The number of aromatic nitrogens is 3. The van der Waals surface area contributed by atoms with E-state index < -0.39 is 0 Å². The van der Waals surface area contributed by atoms with E-state index in [2.05, 4.69) is 27.2 Å². The quantitative estimate of drug-likeness (QED) is 0.884. The van der Waals surface area contributed by atoms with Crippen molar-refractivity contribution in [1.29, 1.82) is 0 Å². The molecule has 5 heteroatoms. The van der Waals surface area contributed by atoms with Gasteiger partial charge in [0.2, 0.25) is 0 Å². The zero-order chi connectivity index (χ0) is 15.2. The lowest BCUT2D eigenvalue weighted by atomic mass is 10.2. The normalized spacial score (nSPS) is 10.7. The second-order valence-corrected chi connectivity index (χ2v) is 5.07. The molecule has 1 N–H and O–H groups in total. The third-order valence-electron chi connectivity index (χ3n) is 2.97. The summed E-state index contributed by atoms with van der Waals surface area (Å²) < 4.78 is 5.20. The van der Waals surface area contributed by atoms with Gasteiger partial charge in [-0.2, -0.15) is 0 Å². The second-order valence-electron chi connectivity index (χ2n) is 5.07. The summed E-state index contributed by atoms with van der Waals surface area (Å²) in [5, 5.41) is 3.31. The number of ether oxygens (including phenoxy) is 1. The highest BCUT2D eigenvalue weighted by Crippen LogP contribution is 2.20. The minimum Gasteiger partial charge on any atom is -0.378 e. The van der Waals surface area contributed by atoms with Gasteiger partial charge in [-0.1, -0.05) is 6.92 Å². The van der Waals surface area contributed by atoms with E-state index in [4.69, 9.17) is 4.74 Å². The summed E-state index contributed by atoms with van der Waals surface area (Å²) in [6.07, 6.45) is 1.05. The van der Waals surface area contributed by atoms with Gasteiger partial charge in [0.05, 0.1) is 12.3 Å². The van der Waals surface area contributed by atoms with Crippen molar-refractivity contribution in [3.63, 3.8) is 0 Å². The van der Waals surface area contributed by atoms with Crippen LogP contribution < -0.4 is 5.32 Å². The first-order valence-corrected chi connectivity index (χ1v) is 7.18. The van der Waals surface area contributed by atoms with E-state index in [0.29, 0.717) is 12.4 Å². The van der Waals surface area contributed by atoms with Gasteiger partial charge in [-0.15, -0.1) is 0 Å². The molecule has 0 unspecified atom stereocenters. The summed E-state index contributed by atoms with van der Waals surface area (Å²) in [6.45, 7) is 7.44. The molecule has 21 heavy (non-hydrogen) atoms. The van der Waals surface area contributed by atoms with Crippen LogP contribution in [0.4, 0.5) is 5.82 Å². The Labute approximate surface area is 125 Å². The smallest absolute Gasteiger partial charge is 0.161 e. The number of aryl methyl sites for hydroxylation is 2. The van der Waals surface area contributed by atoms with E-state index in [1.165, 1.54) is 0 Å². The number of hydrogen-bond acceptors (Lipinski definition) is 5. The van der Waals surface area contributed by atoms with Crippen molar-refractivity contribution < 1.29 is 4.74 Å². The Kier molecular flexibility index (Phi) is 5.22.